The monoisotopic (exact) mass is 386 g/mol. The Balaban J connectivity index is 1.82. The van der Waals surface area contributed by atoms with Gasteiger partial charge in [-0.3, -0.25) is 14.4 Å². The Morgan fingerprint density at radius 1 is 1.35 bits per heavy atom. The third-order valence-corrected chi connectivity index (χ3v) is 4.36. The number of carboxylic acid groups (broad SMARTS) is 1. The number of carbonyl (C=O) groups is 3. The summed E-state index contributed by atoms with van der Waals surface area (Å²) >= 11 is 3.13. The maximum Gasteiger partial charge on any atom is 0.303 e. The van der Waals surface area contributed by atoms with Crippen molar-refractivity contribution in [2.24, 2.45) is 5.92 Å². The highest BCUT2D eigenvalue weighted by Crippen LogP contribution is 2.21. The Kier molecular flexibility index (Phi) is 5.81. The van der Waals surface area contributed by atoms with Crippen LogP contribution in [-0.2, 0) is 9.59 Å². The van der Waals surface area contributed by atoms with Crippen molar-refractivity contribution >= 4 is 33.7 Å². The van der Waals surface area contributed by atoms with Crippen LogP contribution in [-0.4, -0.2) is 59.4 Å². The molecule has 1 aliphatic heterocycles. The minimum atomic E-state index is -0.801. The fourth-order valence-electron chi connectivity index (χ4n) is 2.63. The zero-order valence-electron chi connectivity index (χ0n) is 12.8. The highest BCUT2D eigenvalue weighted by Gasteiger charge is 2.26. The summed E-state index contributed by atoms with van der Waals surface area (Å²) in [6, 6.07) is 3.17. The number of likely N-dealkylation sites (N-methyl/N-ethyl adjacent to an activating group) is 1. The van der Waals surface area contributed by atoms with E-state index in [-0.39, 0.29) is 36.5 Å². The van der Waals surface area contributed by atoms with Gasteiger partial charge in [-0.05, 0) is 46.8 Å². The van der Waals surface area contributed by atoms with Gasteiger partial charge in [-0.1, -0.05) is 0 Å². The molecule has 126 valence electrons. The van der Waals surface area contributed by atoms with Gasteiger partial charge in [-0.15, -0.1) is 0 Å². The van der Waals surface area contributed by atoms with Crippen molar-refractivity contribution in [1.82, 2.24) is 9.80 Å². The van der Waals surface area contributed by atoms with Gasteiger partial charge in [-0.25, -0.2) is 0 Å². The lowest BCUT2D eigenvalue weighted by molar-refractivity contribution is -0.138. The molecule has 2 rings (SSSR count). The number of amides is 2. The largest absolute Gasteiger partial charge is 0.481 e. The average Bonchev–Trinajstić information content (AvgIpc) is 2.93. The topological polar surface area (TPSA) is 91.1 Å². The zero-order chi connectivity index (χ0) is 17.0. The molecule has 1 fully saturated rings. The van der Waals surface area contributed by atoms with E-state index in [0.29, 0.717) is 30.6 Å². The van der Waals surface area contributed by atoms with E-state index in [1.165, 1.54) is 4.90 Å². The third-order valence-electron chi connectivity index (χ3n) is 3.93. The van der Waals surface area contributed by atoms with Gasteiger partial charge in [0.15, 0.2) is 10.4 Å². The highest BCUT2D eigenvalue weighted by atomic mass is 79.9. The van der Waals surface area contributed by atoms with Crippen LogP contribution >= 0.6 is 15.9 Å². The lowest BCUT2D eigenvalue weighted by Gasteiger charge is -2.32. The standard InChI is InChI=1S/C15H19BrN2O5/c1-17(15(22)11-2-3-12(16)23-11)9-13(19)18-6-4-10(5-7-18)8-14(20)21/h2-3,10H,4-9H2,1H3,(H,20,21). The molecule has 1 aromatic rings. The summed E-state index contributed by atoms with van der Waals surface area (Å²) in [7, 11) is 1.55. The fraction of sp³-hybridized carbons (Fsp3) is 0.533. The van der Waals surface area contributed by atoms with Crippen molar-refractivity contribution < 1.29 is 23.9 Å². The van der Waals surface area contributed by atoms with Crippen LogP contribution in [0.15, 0.2) is 21.2 Å². The van der Waals surface area contributed by atoms with Gasteiger partial charge in [0.25, 0.3) is 5.91 Å². The Hall–Kier alpha value is -1.83. The second kappa shape index (κ2) is 7.63. The van der Waals surface area contributed by atoms with E-state index in [2.05, 4.69) is 15.9 Å². The van der Waals surface area contributed by atoms with Gasteiger partial charge < -0.3 is 19.3 Å². The summed E-state index contributed by atoms with van der Waals surface area (Å²) in [4.78, 5) is 38.1. The first kappa shape index (κ1) is 17.5. The van der Waals surface area contributed by atoms with Crippen molar-refractivity contribution in [3.8, 4) is 0 Å². The smallest absolute Gasteiger partial charge is 0.303 e. The van der Waals surface area contributed by atoms with Crippen LogP contribution < -0.4 is 0 Å². The van der Waals surface area contributed by atoms with Gasteiger partial charge in [-0.2, -0.15) is 0 Å². The molecule has 0 bridgehead atoms. The second-order valence-electron chi connectivity index (χ2n) is 5.69. The number of carboxylic acids is 1. The summed E-state index contributed by atoms with van der Waals surface area (Å²) < 4.78 is 5.65. The Bertz CT molecular complexity index is 592. The van der Waals surface area contributed by atoms with Crippen molar-refractivity contribution in [2.75, 3.05) is 26.7 Å². The van der Waals surface area contributed by atoms with E-state index in [1.54, 1.807) is 24.1 Å². The number of hydrogen-bond acceptors (Lipinski definition) is 4. The van der Waals surface area contributed by atoms with E-state index < -0.39 is 5.97 Å². The molecule has 7 nitrogen and oxygen atoms in total. The molecule has 0 atom stereocenters. The molecule has 2 heterocycles. The van der Waals surface area contributed by atoms with Crippen LogP contribution in [0.1, 0.15) is 29.8 Å². The number of rotatable bonds is 5. The average molecular weight is 387 g/mol. The summed E-state index contributed by atoms with van der Waals surface area (Å²) in [5, 5.41) is 8.79. The molecule has 2 amide bonds. The minimum absolute atomic E-state index is 0.0270. The predicted molar refractivity (Wildman–Crippen MR) is 84.9 cm³/mol. The normalized spacial score (nSPS) is 15.5. The lowest BCUT2D eigenvalue weighted by Crippen LogP contribution is -2.44. The Labute approximate surface area is 142 Å². The molecule has 0 spiro atoms. The molecule has 1 N–H and O–H groups in total. The van der Waals surface area contributed by atoms with Gasteiger partial charge in [0.1, 0.15) is 0 Å². The fourth-order valence-corrected chi connectivity index (χ4v) is 2.93. The quantitative estimate of drug-likeness (QED) is 0.833. The molecule has 0 radical (unpaired) electrons. The first-order valence-electron chi connectivity index (χ1n) is 7.37. The van der Waals surface area contributed by atoms with Crippen LogP contribution in [0.3, 0.4) is 0 Å². The summed E-state index contributed by atoms with van der Waals surface area (Å²) in [6.45, 7) is 1.04. The lowest BCUT2D eigenvalue weighted by atomic mass is 9.93. The zero-order valence-corrected chi connectivity index (χ0v) is 14.4. The molecule has 8 heteroatoms. The van der Waals surface area contributed by atoms with Crippen LogP contribution in [0.5, 0.6) is 0 Å². The van der Waals surface area contributed by atoms with E-state index in [9.17, 15) is 14.4 Å². The number of aliphatic carboxylic acids is 1. The first-order valence-corrected chi connectivity index (χ1v) is 8.16. The van der Waals surface area contributed by atoms with Crippen LogP contribution in [0.4, 0.5) is 0 Å². The highest BCUT2D eigenvalue weighted by molar-refractivity contribution is 9.10. The first-order chi connectivity index (χ1) is 10.9. The van der Waals surface area contributed by atoms with Crippen molar-refractivity contribution in [2.45, 2.75) is 19.3 Å². The van der Waals surface area contributed by atoms with Gasteiger partial charge in [0, 0.05) is 26.6 Å². The maximum absolute atomic E-state index is 12.3. The molecular formula is C15H19BrN2O5. The van der Waals surface area contributed by atoms with E-state index in [0.717, 1.165) is 0 Å². The SMILES string of the molecule is CN(CC(=O)N1CCC(CC(=O)O)CC1)C(=O)c1ccc(Br)o1. The summed E-state index contributed by atoms with van der Waals surface area (Å²) in [5.41, 5.74) is 0. The molecule has 1 aliphatic rings. The van der Waals surface area contributed by atoms with Crippen LogP contribution in [0.25, 0.3) is 0 Å². The van der Waals surface area contributed by atoms with E-state index in [4.69, 9.17) is 9.52 Å². The maximum atomic E-state index is 12.3. The molecule has 0 unspecified atom stereocenters. The Morgan fingerprint density at radius 2 is 2.00 bits per heavy atom. The molecule has 1 saturated heterocycles. The number of hydrogen-bond donors (Lipinski definition) is 1. The number of likely N-dealkylation sites (tertiary alicyclic amines) is 1. The number of halogens is 1. The van der Waals surface area contributed by atoms with Gasteiger partial charge >= 0.3 is 5.97 Å². The molecule has 0 saturated carbocycles. The van der Waals surface area contributed by atoms with E-state index in [1.807, 2.05) is 0 Å². The predicted octanol–water partition coefficient (Wildman–Crippen LogP) is 1.83. The second-order valence-corrected chi connectivity index (χ2v) is 6.47. The number of carbonyl (C=O) groups excluding carboxylic acids is 2. The molecule has 0 aliphatic carbocycles. The summed E-state index contributed by atoms with van der Waals surface area (Å²) in [6.07, 6.45) is 1.51. The van der Waals surface area contributed by atoms with E-state index >= 15 is 0 Å². The molecule has 23 heavy (non-hydrogen) atoms. The number of nitrogens with zero attached hydrogens (tertiary/aromatic N) is 2. The van der Waals surface area contributed by atoms with Gasteiger partial charge in [0.2, 0.25) is 5.91 Å². The number of piperidine rings is 1. The molecular weight excluding hydrogens is 368 g/mol. The Morgan fingerprint density at radius 3 is 2.52 bits per heavy atom. The van der Waals surface area contributed by atoms with Crippen LogP contribution in [0.2, 0.25) is 0 Å². The van der Waals surface area contributed by atoms with Crippen LogP contribution in [0, 0.1) is 5.92 Å². The summed E-state index contributed by atoms with van der Waals surface area (Å²) in [5.74, 6) is -1.00. The van der Waals surface area contributed by atoms with Crippen molar-refractivity contribution in [1.29, 1.82) is 0 Å². The van der Waals surface area contributed by atoms with Crippen molar-refractivity contribution in [3.05, 3.63) is 22.6 Å². The third kappa shape index (κ3) is 4.82. The number of furan rings is 1. The molecule has 0 aromatic carbocycles. The van der Waals surface area contributed by atoms with Gasteiger partial charge in [0.05, 0.1) is 6.54 Å². The van der Waals surface area contributed by atoms with Crippen molar-refractivity contribution in [3.63, 3.8) is 0 Å². The molecule has 1 aromatic heterocycles. The minimum Gasteiger partial charge on any atom is -0.481 e.